The smallest absolute Gasteiger partial charge is 0.316 e. The highest BCUT2D eigenvalue weighted by Crippen LogP contribution is 2.59. The highest BCUT2D eigenvalue weighted by atomic mass is 32.2. The summed E-state index contributed by atoms with van der Waals surface area (Å²) in [5, 5.41) is 11.0. The first-order valence-corrected chi connectivity index (χ1v) is 13.1. The molecule has 3 aliphatic carbocycles. The van der Waals surface area contributed by atoms with Crippen LogP contribution in [0.5, 0.6) is 0 Å². The number of aliphatic hydroxyl groups is 1. The van der Waals surface area contributed by atoms with Gasteiger partial charge >= 0.3 is 5.97 Å². The maximum absolute atomic E-state index is 12.9. The van der Waals surface area contributed by atoms with E-state index in [-0.39, 0.29) is 34.7 Å². The zero-order valence-corrected chi connectivity index (χ0v) is 20.1. The molecule has 0 aliphatic heterocycles. The summed E-state index contributed by atoms with van der Waals surface area (Å²) in [4.78, 5) is 27.9. The van der Waals surface area contributed by atoms with Crippen molar-refractivity contribution >= 4 is 23.5 Å². The fourth-order valence-corrected chi connectivity index (χ4v) is 7.04. The highest BCUT2D eigenvalue weighted by molar-refractivity contribution is 7.99. The number of Topliss-reactive ketones (excluding diaryl/α,β-unsaturated/α-hetero) is 1. The van der Waals surface area contributed by atoms with E-state index in [0.29, 0.717) is 24.4 Å². The summed E-state index contributed by atoms with van der Waals surface area (Å²) in [6.07, 6.45) is 5.18. The molecule has 3 aliphatic rings. The summed E-state index contributed by atoms with van der Waals surface area (Å²) in [5.41, 5.74) is -0.402. The number of ether oxygens (including phenoxy) is 1. The van der Waals surface area contributed by atoms with Gasteiger partial charge < -0.3 is 14.7 Å². The van der Waals surface area contributed by atoms with Gasteiger partial charge in [-0.05, 0) is 56.0 Å². The number of esters is 1. The lowest BCUT2D eigenvalue weighted by atomic mass is 9.55. The Labute approximate surface area is 186 Å². The number of ketones is 1. The predicted molar refractivity (Wildman–Crippen MR) is 122 cm³/mol. The second-order valence-corrected chi connectivity index (χ2v) is 11.5. The van der Waals surface area contributed by atoms with E-state index in [1.165, 1.54) is 0 Å². The molecule has 6 heteroatoms. The summed E-state index contributed by atoms with van der Waals surface area (Å²) in [6, 6.07) is 0. The van der Waals surface area contributed by atoms with Crippen molar-refractivity contribution in [3.8, 4) is 0 Å². The van der Waals surface area contributed by atoms with E-state index in [1.54, 1.807) is 11.8 Å². The third-order valence-electron chi connectivity index (χ3n) is 8.17. The summed E-state index contributed by atoms with van der Waals surface area (Å²) < 4.78 is 6.07. The Hall–Kier alpha value is -0.590. The van der Waals surface area contributed by atoms with Gasteiger partial charge in [0.15, 0.2) is 0 Å². The third-order valence-corrected chi connectivity index (χ3v) is 9.08. The zero-order valence-electron chi connectivity index (χ0n) is 19.3. The average molecular weight is 440 g/mol. The van der Waals surface area contributed by atoms with Crippen molar-refractivity contribution in [1.82, 2.24) is 4.90 Å². The van der Waals surface area contributed by atoms with E-state index in [0.717, 1.165) is 57.5 Å². The Morgan fingerprint density at radius 3 is 2.67 bits per heavy atom. The predicted octanol–water partition coefficient (Wildman–Crippen LogP) is 3.92. The van der Waals surface area contributed by atoms with Crippen LogP contribution in [-0.2, 0) is 14.3 Å². The molecule has 0 heterocycles. The van der Waals surface area contributed by atoms with Crippen LogP contribution in [0.1, 0.15) is 72.6 Å². The maximum Gasteiger partial charge on any atom is 0.316 e. The van der Waals surface area contributed by atoms with Crippen LogP contribution < -0.4 is 0 Å². The van der Waals surface area contributed by atoms with Crippen LogP contribution >= 0.6 is 11.8 Å². The SMILES string of the molecule is CCN(CC)CCSCC(=O)O[C@@H]1CC(C)(C)[C@@H](O)CC23CCCC1C2C(=O)CC3. The lowest BCUT2D eigenvalue weighted by Crippen LogP contribution is -2.52. The Balaban J connectivity index is 1.67. The van der Waals surface area contributed by atoms with Crippen LogP contribution in [-0.4, -0.2) is 65.1 Å². The molecule has 0 saturated heterocycles. The molecule has 3 fully saturated rings. The maximum atomic E-state index is 12.9. The van der Waals surface area contributed by atoms with Crippen molar-refractivity contribution in [2.24, 2.45) is 22.7 Å². The van der Waals surface area contributed by atoms with Gasteiger partial charge in [-0.3, -0.25) is 9.59 Å². The number of thioether (sulfide) groups is 1. The van der Waals surface area contributed by atoms with Crippen LogP contribution in [0.4, 0.5) is 0 Å². The average Bonchev–Trinajstić information content (AvgIpc) is 3.03. The molecule has 172 valence electrons. The second kappa shape index (κ2) is 9.91. The Morgan fingerprint density at radius 1 is 1.23 bits per heavy atom. The number of rotatable bonds is 8. The quantitative estimate of drug-likeness (QED) is 0.457. The van der Waals surface area contributed by atoms with E-state index in [1.807, 2.05) is 0 Å². The molecule has 0 aromatic heterocycles. The fraction of sp³-hybridized carbons (Fsp3) is 0.917. The zero-order chi connectivity index (χ0) is 21.9. The molecule has 1 N–H and O–H groups in total. The van der Waals surface area contributed by atoms with Crippen molar-refractivity contribution in [1.29, 1.82) is 0 Å². The highest BCUT2D eigenvalue weighted by Gasteiger charge is 2.58. The molecule has 0 aromatic rings. The largest absolute Gasteiger partial charge is 0.461 e. The molecular weight excluding hydrogens is 398 g/mol. The number of hydrogen-bond acceptors (Lipinski definition) is 6. The topological polar surface area (TPSA) is 66.8 Å². The van der Waals surface area contributed by atoms with Gasteiger partial charge in [0, 0.05) is 30.6 Å². The molecule has 0 aromatic carbocycles. The van der Waals surface area contributed by atoms with Gasteiger partial charge in [-0.15, -0.1) is 11.8 Å². The van der Waals surface area contributed by atoms with Crippen LogP contribution in [0.3, 0.4) is 0 Å². The first-order chi connectivity index (χ1) is 14.2. The van der Waals surface area contributed by atoms with Gasteiger partial charge in [-0.2, -0.15) is 0 Å². The van der Waals surface area contributed by atoms with Crippen LogP contribution in [0, 0.1) is 22.7 Å². The number of carbonyl (C=O) groups is 2. The Bertz CT molecular complexity index is 620. The summed E-state index contributed by atoms with van der Waals surface area (Å²) in [6.45, 7) is 11.5. The summed E-state index contributed by atoms with van der Waals surface area (Å²) >= 11 is 1.63. The standard InChI is InChI=1S/C24H41NO4S/c1-5-25(6-2)12-13-30-16-21(28)29-19-14-23(3,4)20(27)15-24-10-7-8-17(19)22(24)18(26)9-11-24/h17,19-20,22,27H,5-16H2,1-4H3/t17?,19-,20+,22?,24?/m1/s1. The Kier molecular flexibility index (Phi) is 7.95. The number of carbonyl (C=O) groups excluding carboxylic acids is 2. The van der Waals surface area contributed by atoms with Gasteiger partial charge in [-0.1, -0.05) is 34.1 Å². The van der Waals surface area contributed by atoms with Crippen molar-refractivity contribution in [3.63, 3.8) is 0 Å². The summed E-state index contributed by atoms with van der Waals surface area (Å²) in [7, 11) is 0. The number of nitrogens with zero attached hydrogens (tertiary/aromatic N) is 1. The second-order valence-electron chi connectivity index (χ2n) is 10.4. The van der Waals surface area contributed by atoms with Crippen LogP contribution in [0.25, 0.3) is 0 Å². The molecule has 5 nitrogen and oxygen atoms in total. The van der Waals surface area contributed by atoms with E-state index < -0.39 is 6.10 Å². The molecule has 0 amide bonds. The molecular formula is C24H41NO4S. The van der Waals surface area contributed by atoms with Gasteiger partial charge in [0.2, 0.25) is 0 Å². The van der Waals surface area contributed by atoms with E-state index in [4.69, 9.17) is 4.74 Å². The van der Waals surface area contributed by atoms with Gasteiger partial charge in [0.25, 0.3) is 0 Å². The van der Waals surface area contributed by atoms with E-state index in [2.05, 4.69) is 32.6 Å². The molecule has 2 bridgehead atoms. The molecule has 3 saturated carbocycles. The van der Waals surface area contributed by atoms with Crippen molar-refractivity contribution in [2.75, 3.05) is 31.1 Å². The summed E-state index contributed by atoms with van der Waals surface area (Å²) in [5.74, 6) is 1.52. The molecule has 3 rings (SSSR count). The minimum atomic E-state index is -0.463. The molecule has 5 atom stereocenters. The van der Waals surface area contributed by atoms with Crippen molar-refractivity contribution in [2.45, 2.75) is 84.8 Å². The molecule has 0 spiro atoms. The van der Waals surface area contributed by atoms with Gasteiger partial charge in [0.05, 0.1) is 11.9 Å². The molecule has 30 heavy (non-hydrogen) atoms. The fourth-order valence-electron chi connectivity index (χ4n) is 6.27. The van der Waals surface area contributed by atoms with E-state index >= 15 is 0 Å². The minimum Gasteiger partial charge on any atom is -0.461 e. The van der Waals surface area contributed by atoms with E-state index in [9.17, 15) is 14.7 Å². The minimum absolute atomic E-state index is 0.0369. The van der Waals surface area contributed by atoms with Gasteiger partial charge in [0.1, 0.15) is 11.9 Å². The Morgan fingerprint density at radius 2 is 1.97 bits per heavy atom. The lowest BCUT2D eigenvalue weighted by Gasteiger charge is -2.52. The number of aliphatic hydroxyl groups excluding tert-OH is 1. The number of hydrogen-bond donors (Lipinski definition) is 1. The third kappa shape index (κ3) is 5.07. The van der Waals surface area contributed by atoms with Gasteiger partial charge in [-0.25, -0.2) is 0 Å². The molecule has 3 unspecified atom stereocenters. The van der Waals surface area contributed by atoms with Crippen LogP contribution in [0.2, 0.25) is 0 Å². The normalized spacial score (nSPS) is 35.6. The van der Waals surface area contributed by atoms with Crippen molar-refractivity contribution < 1.29 is 19.4 Å². The van der Waals surface area contributed by atoms with Crippen molar-refractivity contribution in [3.05, 3.63) is 0 Å². The first kappa shape index (κ1) is 24.1. The molecule has 0 radical (unpaired) electrons. The first-order valence-electron chi connectivity index (χ1n) is 11.9. The monoisotopic (exact) mass is 439 g/mol. The lowest BCUT2D eigenvalue weighted by molar-refractivity contribution is -0.166. The van der Waals surface area contributed by atoms with Crippen LogP contribution in [0.15, 0.2) is 0 Å².